The molecule has 1 N–H and O–H groups in total. The van der Waals surface area contributed by atoms with Crippen LogP contribution >= 0.6 is 0 Å². The Hall–Kier alpha value is -1.94. The SMILES string of the molecule is COc1ccccc1CC(O)c1cc(C)c(F)cc1F. The molecule has 2 aromatic carbocycles. The van der Waals surface area contributed by atoms with Crippen molar-refractivity contribution in [1.29, 1.82) is 0 Å². The molecule has 2 aromatic rings. The van der Waals surface area contributed by atoms with Gasteiger partial charge in [0.1, 0.15) is 17.4 Å². The van der Waals surface area contributed by atoms with E-state index in [-0.39, 0.29) is 12.0 Å². The molecule has 0 saturated carbocycles. The van der Waals surface area contributed by atoms with Crippen molar-refractivity contribution in [3.8, 4) is 5.75 Å². The molecule has 0 aromatic heterocycles. The van der Waals surface area contributed by atoms with E-state index in [9.17, 15) is 13.9 Å². The van der Waals surface area contributed by atoms with Crippen molar-refractivity contribution in [3.05, 3.63) is 64.7 Å². The fourth-order valence-electron chi connectivity index (χ4n) is 2.12. The van der Waals surface area contributed by atoms with Crippen LogP contribution in [0.5, 0.6) is 5.75 Å². The Morgan fingerprint density at radius 3 is 2.55 bits per heavy atom. The second-order valence-electron chi connectivity index (χ2n) is 4.65. The summed E-state index contributed by atoms with van der Waals surface area (Å²) in [7, 11) is 1.54. The van der Waals surface area contributed by atoms with E-state index in [1.165, 1.54) is 20.1 Å². The average Bonchev–Trinajstić information content (AvgIpc) is 2.43. The Bertz CT molecular complexity index is 611. The molecule has 106 valence electrons. The number of hydrogen-bond donors (Lipinski definition) is 1. The molecule has 2 nitrogen and oxygen atoms in total. The zero-order chi connectivity index (χ0) is 14.7. The Morgan fingerprint density at radius 2 is 1.85 bits per heavy atom. The second-order valence-corrected chi connectivity index (χ2v) is 4.65. The van der Waals surface area contributed by atoms with Crippen LogP contribution in [0, 0.1) is 18.6 Å². The number of aliphatic hydroxyl groups is 1. The summed E-state index contributed by atoms with van der Waals surface area (Å²) in [6.45, 7) is 1.54. The van der Waals surface area contributed by atoms with E-state index in [0.29, 0.717) is 11.3 Å². The normalized spacial score (nSPS) is 12.2. The van der Waals surface area contributed by atoms with Crippen molar-refractivity contribution >= 4 is 0 Å². The van der Waals surface area contributed by atoms with Crippen molar-refractivity contribution in [1.82, 2.24) is 0 Å². The summed E-state index contributed by atoms with van der Waals surface area (Å²) in [5, 5.41) is 10.2. The lowest BCUT2D eigenvalue weighted by molar-refractivity contribution is 0.172. The number of halogens is 2. The topological polar surface area (TPSA) is 29.5 Å². The van der Waals surface area contributed by atoms with Gasteiger partial charge in [-0.05, 0) is 30.2 Å². The van der Waals surface area contributed by atoms with E-state index in [1.807, 2.05) is 12.1 Å². The van der Waals surface area contributed by atoms with Gasteiger partial charge in [-0.15, -0.1) is 0 Å². The Balaban J connectivity index is 2.28. The maximum absolute atomic E-state index is 13.7. The second kappa shape index (κ2) is 6.01. The van der Waals surface area contributed by atoms with Gasteiger partial charge in [0.15, 0.2) is 0 Å². The van der Waals surface area contributed by atoms with Gasteiger partial charge < -0.3 is 9.84 Å². The smallest absolute Gasteiger partial charge is 0.131 e. The van der Waals surface area contributed by atoms with Crippen molar-refractivity contribution in [2.75, 3.05) is 7.11 Å². The highest BCUT2D eigenvalue weighted by Gasteiger charge is 2.17. The van der Waals surface area contributed by atoms with Crippen LogP contribution in [-0.2, 0) is 6.42 Å². The third-order valence-electron chi connectivity index (χ3n) is 3.24. The predicted molar refractivity (Wildman–Crippen MR) is 72.8 cm³/mol. The van der Waals surface area contributed by atoms with Gasteiger partial charge in [-0.3, -0.25) is 0 Å². The minimum Gasteiger partial charge on any atom is -0.496 e. The summed E-state index contributed by atoms with van der Waals surface area (Å²) >= 11 is 0. The molecule has 0 aliphatic heterocycles. The Kier molecular flexibility index (Phi) is 4.35. The summed E-state index contributed by atoms with van der Waals surface area (Å²) in [4.78, 5) is 0. The highest BCUT2D eigenvalue weighted by molar-refractivity contribution is 5.35. The number of aryl methyl sites for hydroxylation is 1. The lowest BCUT2D eigenvalue weighted by Crippen LogP contribution is -2.07. The lowest BCUT2D eigenvalue weighted by atomic mass is 9.98. The van der Waals surface area contributed by atoms with Gasteiger partial charge in [-0.25, -0.2) is 8.78 Å². The van der Waals surface area contributed by atoms with Gasteiger partial charge in [0.2, 0.25) is 0 Å². The molecule has 0 saturated heterocycles. The molecular formula is C16H16F2O2. The van der Waals surface area contributed by atoms with Gasteiger partial charge in [0.25, 0.3) is 0 Å². The van der Waals surface area contributed by atoms with Crippen LogP contribution in [0.2, 0.25) is 0 Å². The van der Waals surface area contributed by atoms with Crippen molar-refractivity contribution in [3.63, 3.8) is 0 Å². The van der Waals surface area contributed by atoms with Gasteiger partial charge in [-0.1, -0.05) is 18.2 Å². The minimum atomic E-state index is -1.05. The van der Waals surface area contributed by atoms with Crippen LogP contribution in [0.3, 0.4) is 0 Å². The Labute approximate surface area is 116 Å². The molecule has 0 aliphatic rings. The van der Waals surface area contributed by atoms with E-state index < -0.39 is 17.7 Å². The predicted octanol–water partition coefficient (Wildman–Crippen LogP) is 3.56. The van der Waals surface area contributed by atoms with E-state index in [1.54, 1.807) is 12.1 Å². The maximum atomic E-state index is 13.7. The zero-order valence-corrected chi connectivity index (χ0v) is 11.4. The quantitative estimate of drug-likeness (QED) is 0.926. The number of hydrogen-bond acceptors (Lipinski definition) is 2. The summed E-state index contributed by atoms with van der Waals surface area (Å²) in [6, 6.07) is 9.35. The first-order chi connectivity index (χ1) is 9.52. The number of para-hydroxylation sites is 1. The zero-order valence-electron chi connectivity index (χ0n) is 11.4. The fourth-order valence-corrected chi connectivity index (χ4v) is 2.12. The summed E-state index contributed by atoms with van der Waals surface area (Å²) in [5.74, 6) is -0.725. The van der Waals surface area contributed by atoms with Crippen LogP contribution in [-0.4, -0.2) is 12.2 Å². The van der Waals surface area contributed by atoms with Gasteiger partial charge in [0.05, 0.1) is 13.2 Å². The van der Waals surface area contributed by atoms with Crippen molar-refractivity contribution in [2.45, 2.75) is 19.4 Å². The Morgan fingerprint density at radius 1 is 1.15 bits per heavy atom. The number of aliphatic hydroxyl groups excluding tert-OH is 1. The largest absolute Gasteiger partial charge is 0.496 e. The summed E-state index contributed by atoms with van der Waals surface area (Å²) in [6.07, 6.45) is -0.850. The summed E-state index contributed by atoms with van der Waals surface area (Å²) < 4.78 is 32.2. The van der Waals surface area contributed by atoms with Crippen molar-refractivity contribution in [2.24, 2.45) is 0 Å². The standard InChI is InChI=1S/C16H16F2O2/c1-10-7-12(14(18)9-13(10)17)15(19)8-11-5-3-4-6-16(11)20-2/h3-7,9,15,19H,8H2,1-2H3. The van der Waals surface area contributed by atoms with Crippen LogP contribution in [0.4, 0.5) is 8.78 Å². The highest BCUT2D eigenvalue weighted by atomic mass is 19.1. The fraction of sp³-hybridized carbons (Fsp3) is 0.250. The molecule has 0 amide bonds. The summed E-state index contributed by atoms with van der Waals surface area (Å²) in [5.41, 5.74) is 1.17. The number of ether oxygens (including phenoxy) is 1. The monoisotopic (exact) mass is 278 g/mol. The molecule has 4 heteroatoms. The molecule has 1 atom stereocenters. The van der Waals surface area contributed by atoms with Gasteiger partial charge in [-0.2, -0.15) is 0 Å². The van der Waals surface area contributed by atoms with E-state index in [0.717, 1.165) is 11.6 Å². The van der Waals surface area contributed by atoms with Crippen LogP contribution < -0.4 is 4.74 Å². The molecule has 0 aliphatic carbocycles. The van der Waals surface area contributed by atoms with Crippen LogP contribution in [0.15, 0.2) is 36.4 Å². The van der Waals surface area contributed by atoms with Crippen molar-refractivity contribution < 1.29 is 18.6 Å². The van der Waals surface area contributed by atoms with Gasteiger partial charge in [0, 0.05) is 18.1 Å². The molecule has 1 unspecified atom stereocenters. The third kappa shape index (κ3) is 2.96. The molecule has 20 heavy (non-hydrogen) atoms. The molecule has 2 rings (SSSR count). The van der Waals surface area contributed by atoms with E-state index in [4.69, 9.17) is 4.74 Å². The maximum Gasteiger partial charge on any atom is 0.131 e. The number of rotatable bonds is 4. The first-order valence-corrected chi connectivity index (χ1v) is 6.28. The third-order valence-corrected chi connectivity index (χ3v) is 3.24. The molecule has 0 bridgehead atoms. The first kappa shape index (κ1) is 14.5. The molecular weight excluding hydrogens is 262 g/mol. The van der Waals surface area contributed by atoms with Crippen LogP contribution in [0.25, 0.3) is 0 Å². The van der Waals surface area contributed by atoms with E-state index >= 15 is 0 Å². The number of benzene rings is 2. The highest BCUT2D eigenvalue weighted by Crippen LogP contribution is 2.27. The minimum absolute atomic E-state index is 0.0924. The number of methoxy groups -OCH3 is 1. The van der Waals surface area contributed by atoms with Gasteiger partial charge >= 0.3 is 0 Å². The molecule has 0 heterocycles. The first-order valence-electron chi connectivity index (χ1n) is 6.28. The molecule has 0 fully saturated rings. The lowest BCUT2D eigenvalue weighted by Gasteiger charge is -2.15. The average molecular weight is 278 g/mol. The molecule has 0 radical (unpaired) electrons. The molecule has 0 spiro atoms. The van der Waals surface area contributed by atoms with Crippen LogP contribution in [0.1, 0.15) is 22.8 Å². The van der Waals surface area contributed by atoms with E-state index in [2.05, 4.69) is 0 Å².